The van der Waals surface area contributed by atoms with Crippen molar-refractivity contribution in [2.45, 2.75) is 12.5 Å². The van der Waals surface area contributed by atoms with Crippen molar-refractivity contribution in [3.05, 3.63) is 0 Å². The van der Waals surface area contributed by atoms with Gasteiger partial charge >= 0.3 is 0 Å². The number of hydrogen-bond acceptors (Lipinski definition) is 5. The summed E-state index contributed by atoms with van der Waals surface area (Å²) in [6, 6.07) is 0.520. The topological polar surface area (TPSA) is 54.0 Å². The van der Waals surface area contributed by atoms with Crippen LogP contribution in [0.25, 0.3) is 0 Å². The van der Waals surface area contributed by atoms with E-state index in [4.69, 9.17) is 9.47 Å². The molecule has 0 aromatic heterocycles. The third-order valence-corrected chi connectivity index (χ3v) is 3.84. The lowest BCUT2D eigenvalue weighted by Crippen LogP contribution is -2.46. The van der Waals surface area contributed by atoms with Gasteiger partial charge in [-0.25, -0.2) is 0 Å². The fourth-order valence-electron chi connectivity index (χ4n) is 2.69. The number of methoxy groups -OCH3 is 1. The van der Waals surface area contributed by atoms with E-state index in [1.807, 2.05) is 4.90 Å². The molecule has 0 aromatic rings. The summed E-state index contributed by atoms with van der Waals surface area (Å²) in [5, 5.41) is 3.11. The molecule has 0 bridgehead atoms. The molecule has 2 rings (SSSR count). The molecule has 1 amide bonds. The lowest BCUT2D eigenvalue weighted by molar-refractivity contribution is -0.129. The number of nitrogens with one attached hydrogen (secondary N) is 1. The Morgan fingerprint density at radius 1 is 1.29 bits per heavy atom. The van der Waals surface area contributed by atoms with Crippen LogP contribution in [0.2, 0.25) is 0 Å². The Morgan fingerprint density at radius 2 is 2.00 bits per heavy atom. The number of amides is 1. The van der Waals surface area contributed by atoms with Crippen LogP contribution in [0.3, 0.4) is 0 Å². The molecule has 2 aliphatic heterocycles. The van der Waals surface area contributed by atoms with Crippen molar-refractivity contribution in [1.82, 2.24) is 15.1 Å². The van der Waals surface area contributed by atoms with Gasteiger partial charge in [-0.2, -0.15) is 0 Å². The Balaban J connectivity index is 0.00000200. The van der Waals surface area contributed by atoms with Crippen molar-refractivity contribution in [1.29, 1.82) is 0 Å². The van der Waals surface area contributed by atoms with E-state index < -0.39 is 0 Å². The van der Waals surface area contributed by atoms with Gasteiger partial charge in [-0.15, -0.1) is 24.8 Å². The van der Waals surface area contributed by atoms with E-state index in [1.165, 1.54) is 0 Å². The second-order valence-corrected chi connectivity index (χ2v) is 5.10. The molecule has 2 heterocycles. The molecule has 8 heteroatoms. The van der Waals surface area contributed by atoms with E-state index >= 15 is 0 Å². The van der Waals surface area contributed by atoms with E-state index in [9.17, 15) is 4.79 Å². The van der Waals surface area contributed by atoms with Crippen LogP contribution < -0.4 is 5.32 Å². The van der Waals surface area contributed by atoms with Crippen molar-refractivity contribution >= 4 is 30.7 Å². The Labute approximate surface area is 139 Å². The van der Waals surface area contributed by atoms with Crippen LogP contribution >= 0.6 is 24.8 Å². The lowest BCUT2D eigenvalue weighted by atomic mass is 10.2. The summed E-state index contributed by atoms with van der Waals surface area (Å²) in [5.74, 6) is 0.201. The summed E-state index contributed by atoms with van der Waals surface area (Å²) in [6.45, 7) is 7.17. The molecular formula is C13H27Cl2N3O3. The molecule has 0 saturated carbocycles. The molecule has 1 N–H and O–H groups in total. The van der Waals surface area contributed by atoms with Crippen LogP contribution in [-0.2, 0) is 14.3 Å². The van der Waals surface area contributed by atoms with Crippen LogP contribution in [0, 0.1) is 0 Å². The van der Waals surface area contributed by atoms with Gasteiger partial charge in [0.2, 0.25) is 5.91 Å². The molecule has 0 aliphatic carbocycles. The highest BCUT2D eigenvalue weighted by atomic mass is 35.5. The number of ether oxygens (including phenoxy) is 2. The summed E-state index contributed by atoms with van der Waals surface area (Å²) >= 11 is 0. The smallest absolute Gasteiger partial charge is 0.236 e. The monoisotopic (exact) mass is 343 g/mol. The summed E-state index contributed by atoms with van der Waals surface area (Å²) in [5.41, 5.74) is 0. The van der Waals surface area contributed by atoms with Crippen LogP contribution in [0.4, 0.5) is 0 Å². The number of hydrogen-bond donors (Lipinski definition) is 1. The summed E-state index contributed by atoms with van der Waals surface area (Å²) < 4.78 is 10.3. The van der Waals surface area contributed by atoms with Crippen molar-refractivity contribution in [3.8, 4) is 0 Å². The molecule has 1 atom stereocenters. The second kappa shape index (κ2) is 11.5. The van der Waals surface area contributed by atoms with E-state index in [1.54, 1.807) is 7.11 Å². The van der Waals surface area contributed by atoms with Gasteiger partial charge in [-0.3, -0.25) is 9.69 Å². The van der Waals surface area contributed by atoms with Gasteiger partial charge in [0, 0.05) is 45.9 Å². The van der Waals surface area contributed by atoms with Crippen molar-refractivity contribution in [2.75, 3.05) is 66.2 Å². The highest BCUT2D eigenvalue weighted by molar-refractivity contribution is 5.85. The summed E-state index contributed by atoms with van der Waals surface area (Å²) in [7, 11) is 1.66. The van der Waals surface area contributed by atoms with Gasteiger partial charge in [0.1, 0.15) is 0 Å². The van der Waals surface area contributed by atoms with Crippen molar-refractivity contribution in [2.24, 2.45) is 0 Å². The minimum absolute atomic E-state index is 0. The third-order valence-electron chi connectivity index (χ3n) is 3.84. The first-order chi connectivity index (χ1) is 9.31. The fourth-order valence-corrected chi connectivity index (χ4v) is 2.69. The summed E-state index contributed by atoms with van der Waals surface area (Å²) in [4.78, 5) is 16.4. The van der Waals surface area contributed by atoms with Crippen molar-refractivity contribution < 1.29 is 14.3 Å². The Hall–Kier alpha value is -0.110. The van der Waals surface area contributed by atoms with Gasteiger partial charge < -0.3 is 19.7 Å². The first-order valence-corrected chi connectivity index (χ1v) is 7.10. The van der Waals surface area contributed by atoms with Gasteiger partial charge in [0.25, 0.3) is 0 Å². The molecule has 2 aliphatic rings. The minimum Gasteiger partial charge on any atom is -0.383 e. The third kappa shape index (κ3) is 6.67. The quantitative estimate of drug-likeness (QED) is 0.688. The molecule has 2 fully saturated rings. The van der Waals surface area contributed by atoms with Crippen LogP contribution in [-0.4, -0.2) is 87.9 Å². The lowest BCUT2D eigenvalue weighted by Gasteiger charge is -2.32. The zero-order valence-electron chi connectivity index (χ0n) is 12.6. The first-order valence-electron chi connectivity index (χ1n) is 7.10. The predicted molar refractivity (Wildman–Crippen MR) is 86.6 cm³/mol. The summed E-state index contributed by atoms with van der Waals surface area (Å²) in [6.07, 6.45) is 1.09. The van der Waals surface area contributed by atoms with Gasteiger partial charge in [-0.1, -0.05) is 0 Å². The molecule has 21 heavy (non-hydrogen) atoms. The van der Waals surface area contributed by atoms with Crippen LogP contribution in [0.1, 0.15) is 6.42 Å². The molecule has 0 aromatic carbocycles. The number of carbonyl (C=O) groups is 1. The van der Waals surface area contributed by atoms with Crippen LogP contribution in [0.15, 0.2) is 0 Å². The van der Waals surface area contributed by atoms with E-state index in [2.05, 4.69) is 10.2 Å². The maximum atomic E-state index is 12.0. The maximum Gasteiger partial charge on any atom is 0.236 e. The van der Waals surface area contributed by atoms with Crippen molar-refractivity contribution in [3.63, 3.8) is 0 Å². The number of nitrogens with zero attached hydrogens (tertiary/aromatic N) is 2. The Bertz CT molecular complexity index is 292. The highest BCUT2D eigenvalue weighted by Crippen LogP contribution is 2.16. The molecule has 2 saturated heterocycles. The normalized spacial score (nSPS) is 22.5. The number of carbonyl (C=O) groups excluding carboxylic acids is 1. The highest BCUT2D eigenvalue weighted by Gasteiger charge is 2.30. The van der Waals surface area contributed by atoms with Crippen LogP contribution in [0.5, 0.6) is 0 Å². The van der Waals surface area contributed by atoms with E-state index in [0.717, 1.165) is 52.4 Å². The molecular weight excluding hydrogens is 317 g/mol. The molecule has 0 radical (unpaired) electrons. The number of morpholine rings is 1. The predicted octanol–water partition coefficient (Wildman–Crippen LogP) is -0.000900. The zero-order valence-corrected chi connectivity index (χ0v) is 14.2. The maximum absolute atomic E-state index is 12.0. The Kier molecular flexibility index (Phi) is 11.4. The number of rotatable bonds is 6. The van der Waals surface area contributed by atoms with Gasteiger partial charge in [0.15, 0.2) is 0 Å². The second-order valence-electron chi connectivity index (χ2n) is 5.10. The first kappa shape index (κ1) is 20.9. The fraction of sp³-hybridized carbons (Fsp3) is 0.923. The molecule has 0 spiro atoms. The standard InChI is InChI=1S/C13H25N3O3.2ClH/c1-18-7-3-14-10-13(17)16-4-2-12(11-16)15-5-8-19-9-6-15;;/h12,14H,2-11H2,1H3;2*1H. The average Bonchev–Trinajstić information content (AvgIpc) is 2.94. The molecule has 1 unspecified atom stereocenters. The minimum atomic E-state index is 0. The largest absolute Gasteiger partial charge is 0.383 e. The molecule has 6 nitrogen and oxygen atoms in total. The molecule has 126 valence electrons. The van der Waals surface area contributed by atoms with E-state index in [0.29, 0.717) is 19.2 Å². The van der Waals surface area contributed by atoms with Gasteiger partial charge in [-0.05, 0) is 6.42 Å². The number of halogens is 2. The zero-order chi connectivity index (χ0) is 13.5. The van der Waals surface area contributed by atoms with Gasteiger partial charge in [0.05, 0.1) is 26.4 Å². The average molecular weight is 344 g/mol. The Morgan fingerprint density at radius 3 is 2.67 bits per heavy atom. The SMILES string of the molecule is COCCNCC(=O)N1CCC(N2CCOCC2)C1.Cl.Cl. The van der Waals surface area contributed by atoms with E-state index in [-0.39, 0.29) is 30.7 Å². The number of likely N-dealkylation sites (tertiary alicyclic amines) is 1.